The van der Waals surface area contributed by atoms with Crippen LogP contribution in [-0.2, 0) is 6.54 Å². The smallest absolute Gasteiger partial charge is 0.288 e. The number of aromatic nitrogens is 2. The maximum Gasteiger partial charge on any atom is 0.288 e. The first-order valence-electron chi connectivity index (χ1n) is 5.86. The molecule has 0 amide bonds. The number of hydrogen-bond acceptors (Lipinski definition) is 6. The predicted molar refractivity (Wildman–Crippen MR) is 79.1 cm³/mol. The van der Waals surface area contributed by atoms with Crippen molar-refractivity contribution in [2.24, 2.45) is 5.73 Å². The summed E-state index contributed by atoms with van der Waals surface area (Å²) in [5.41, 5.74) is 6.27. The number of thiazole rings is 1. The zero-order valence-corrected chi connectivity index (χ0v) is 12.1. The predicted octanol–water partition coefficient (Wildman–Crippen LogP) is 3.21. The van der Waals surface area contributed by atoms with E-state index in [9.17, 15) is 10.1 Å². The SMILES string of the molecule is NCc1c(Oc2ccc([N+](=O)[O-])c(Cl)c2)nc2sccn12. The summed E-state index contributed by atoms with van der Waals surface area (Å²) in [6, 6.07) is 4.14. The van der Waals surface area contributed by atoms with Crippen molar-refractivity contribution in [2.45, 2.75) is 6.54 Å². The second kappa shape index (κ2) is 5.32. The number of nitrogens with zero attached hydrogens (tertiary/aromatic N) is 3. The standard InChI is InChI=1S/C12H9ClN4O3S/c13-8-5-7(1-2-9(8)17(18)19)20-11-10(6-14)16-3-4-21-12(16)15-11/h1-5H,6,14H2. The monoisotopic (exact) mass is 324 g/mol. The van der Waals surface area contributed by atoms with Crippen LogP contribution in [0.4, 0.5) is 5.69 Å². The Morgan fingerprint density at radius 3 is 3.00 bits per heavy atom. The van der Waals surface area contributed by atoms with Gasteiger partial charge in [-0.15, -0.1) is 11.3 Å². The summed E-state index contributed by atoms with van der Waals surface area (Å²) in [6.45, 7) is 0.258. The lowest BCUT2D eigenvalue weighted by Gasteiger charge is -2.05. The summed E-state index contributed by atoms with van der Waals surface area (Å²) in [5.74, 6) is 0.736. The summed E-state index contributed by atoms with van der Waals surface area (Å²) in [5, 5.41) is 12.6. The third-order valence-corrected chi connectivity index (χ3v) is 3.91. The summed E-state index contributed by atoms with van der Waals surface area (Å²) in [6.07, 6.45) is 1.85. The Bertz CT molecular complexity index is 829. The maximum atomic E-state index is 10.7. The molecule has 7 nitrogen and oxygen atoms in total. The van der Waals surface area contributed by atoms with Crippen molar-refractivity contribution < 1.29 is 9.66 Å². The molecule has 3 rings (SSSR count). The number of imidazole rings is 1. The van der Waals surface area contributed by atoms with Gasteiger partial charge in [0, 0.05) is 30.3 Å². The number of ether oxygens (including phenoxy) is 1. The minimum Gasteiger partial charge on any atom is -0.437 e. The van der Waals surface area contributed by atoms with Crippen LogP contribution in [0.25, 0.3) is 4.96 Å². The molecule has 2 heterocycles. The van der Waals surface area contributed by atoms with Gasteiger partial charge in [0.1, 0.15) is 16.5 Å². The zero-order valence-electron chi connectivity index (χ0n) is 10.5. The molecule has 2 N–H and O–H groups in total. The van der Waals surface area contributed by atoms with Crippen LogP contribution in [0, 0.1) is 10.1 Å². The fraction of sp³-hybridized carbons (Fsp3) is 0.0833. The Labute approximate surface area is 127 Å². The molecule has 2 aromatic heterocycles. The van der Waals surface area contributed by atoms with Crippen LogP contribution >= 0.6 is 22.9 Å². The molecule has 0 aliphatic rings. The van der Waals surface area contributed by atoms with Gasteiger partial charge >= 0.3 is 0 Å². The second-order valence-corrected chi connectivity index (χ2v) is 5.38. The molecule has 0 spiro atoms. The van der Waals surface area contributed by atoms with Crippen molar-refractivity contribution in [1.82, 2.24) is 9.38 Å². The van der Waals surface area contributed by atoms with E-state index in [0.29, 0.717) is 11.6 Å². The van der Waals surface area contributed by atoms with E-state index in [0.717, 1.165) is 10.7 Å². The van der Waals surface area contributed by atoms with E-state index in [4.69, 9.17) is 22.1 Å². The molecular formula is C12H9ClN4O3S. The highest BCUT2D eigenvalue weighted by Gasteiger charge is 2.16. The number of benzene rings is 1. The van der Waals surface area contributed by atoms with Crippen LogP contribution in [0.3, 0.4) is 0 Å². The van der Waals surface area contributed by atoms with Crippen molar-refractivity contribution in [3.63, 3.8) is 0 Å². The molecule has 0 bridgehead atoms. The van der Waals surface area contributed by atoms with Gasteiger partial charge in [-0.05, 0) is 6.07 Å². The molecule has 21 heavy (non-hydrogen) atoms. The van der Waals surface area contributed by atoms with Gasteiger partial charge in [-0.2, -0.15) is 4.98 Å². The second-order valence-electron chi connectivity index (χ2n) is 4.10. The largest absolute Gasteiger partial charge is 0.437 e. The van der Waals surface area contributed by atoms with Crippen LogP contribution in [0.2, 0.25) is 5.02 Å². The normalized spacial score (nSPS) is 11.0. The molecule has 0 atom stereocenters. The number of nitrogens with two attached hydrogens (primary N) is 1. The molecule has 9 heteroatoms. The minimum atomic E-state index is -0.552. The van der Waals surface area contributed by atoms with Gasteiger partial charge in [0.05, 0.1) is 4.92 Å². The summed E-state index contributed by atoms with van der Waals surface area (Å²) in [4.78, 5) is 15.3. The lowest BCUT2D eigenvalue weighted by Crippen LogP contribution is -2.01. The molecule has 0 saturated carbocycles. The summed E-state index contributed by atoms with van der Waals surface area (Å²) < 4.78 is 7.49. The van der Waals surface area contributed by atoms with E-state index < -0.39 is 4.92 Å². The fourth-order valence-corrected chi connectivity index (χ4v) is 2.86. The van der Waals surface area contributed by atoms with Crippen LogP contribution in [0.5, 0.6) is 11.6 Å². The van der Waals surface area contributed by atoms with E-state index in [1.165, 1.54) is 29.5 Å². The number of fused-ring (bicyclic) bond motifs is 1. The molecule has 1 aromatic carbocycles. The summed E-state index contributed by atoms with van der Waals surface area (Å²) in [7, 11) is 0. The molecule has 0 aliphatic carbocycles. The van der Waals surface area contributed by atoms with E-state index in [1.54, 1.807) is 0 Å². The Balaban J connectivity index is 1.96. The van der Waals surface area contributed by atoms with E-state index in [2.05, 4.69) is 4.98 Å². The molecule has 108 valence electrons. The molecule has 0 unspecified atom stereocenters. The van der Waals surface area contributed by atoms with Crippen LogP contribution in [-0.4, -0.2) is 14.3 Å². The topological polar surface area (TPSA) is 95.7 Å². The quantitative estimate of drug-likeness (QED) is 0.587. The highest BCUT2D eigenvalue weighted by Crippen LogP contribution is 2.32. The van der Waals surface area contributed by atoms with Gasteiger partial charge in [0.25, 0.3) is 5.69 Å². The Kier molecular flexibility index (Phi) is 3.50. The van der Waals surface area contributed by atoms with Gasteiger partial charge in [0.15, 0.2) is 4.96 Å². The minimum absolute atomic E-state index is 0.00724. The van der Waals surface area contributed by atoms with E-state index in [1.807, 2.05) is 16.0 Å². The van der Waals surface area contributed by atoms with Crippen LogP contribution < -0.4 is 10.5 Å². The van der Waals surface area contributed by atoms with Crippen LogP contribution in [0.15, 0.2) is 29.8 Å². The Hall–Kier alpha value is -2.16. The van der Waals surface area contributed by atoms with Crippen molar-refractivity contribution in [2.75, 3.05) is 0 Å². The van der Waals surface area contributed by atoms with Gasteiger partial charge in [0.2, 0.25) is 5.88 Å². The molecule has 0 radical (unpaired) electrons. The number of halogens is 1. The average Bonchev–Trinajstić information content (AvgIpc) is 2.98. The van der Waals surface area contributed by atoms with E-state index >= 15 is 0 Å². The lowest BCUT2D eigenvalue weighted by atomic mass is 10.3. The number of nitro benzene ring substituents is 1. The molecule has 0 aliphatic heterocycles. The number of nitro groups is 1. The molecular weight excluding hydrogens is 316 g/mol. The highest BCUT2D eigenvalue weighted by atomic mass is 35.5. The first-order chi connectivity index (χ1) is 10.1. The highest BCUT2D eigenvalue weighted by molar-refractivity contribution is 7.15. The first kappa shape index (κ1) is 13.8. The van der Waals surface area contributed by atoms with E-state index in [-0.39, 0.29) is 17.3 Å². The summed E-state index contributed by atoms with van der Waals surface area (Å²) >= 11 is 7.31. The molecule has 0 saturated heterocycles. The lowest BCUT2D eigenvalue weighted by molar-refractivity contribution is -0.384. The third-order valence-electron chi connectivity index (χ3n) is 2.85. The van der Waals surface area contributed by atoms with Crippen molar-refractivity contribution in [3.8, 4) is 11.6 Å². The van der Waals surface area contributed by atoms with Crippen molar-refractivity contribution >= 4 is 33.6 Å². The fourth-order valence-electron chi connectivity index (χ4n) is 1.89. The average molecular weight is 325 g/mol. The number of hydrogen-bond donors (Lipinski definition) is 1. The van der Waals surface area contributed by atoms with Gasteiger partial charge in [-0.1, -0.05) is 11.6 Å². The van der Waals surface area contributed by atoms with Crippen molar-refractivity contribution in [1.29, 1.82) is 0 Å². The Morgan fingerprint density at radius 2 is 2.33 bits per heavy atom. The van der Waals surface area contributed by atoms with Gasteiger partial charge in [-0.25, -0.2) is 0 Å². The zero-order chi connectivity index (χ0) is 15.0. The number of rotatable bonds is 4. The van der Waals surface area contributed by atoms with Crippen molar-refractivity contribution in [3.05, 3.63) is 50.6 Å². The Morgan fingerprint density at radius 1 is 1.52 bits per heavy atom. The first-order valence-corrected chi connectivity index (χ1v) is 7.12. The van der Waals surface area contributed by atoms with Gasteiger partial charge in [-0.3, -0.25) is 14.5 Å². The maximum absolute atomic E-state index is 10.7. The third kappa shape index (κ3) is 2.44. The van der Waals surface area contributed by atoms with Gasteiger partial charge < -0.3 is 10.5 Å². The molecule has 3 aromatic rings. The molecule has 0 fully saturated rings. The van der Waals surface area contributed by atoms with Crippen LogP contribution in [0.1, 0.15) is 5.69 Å².